The van der Waals surface area contributed by atoms with Crippen molar-refractivity contribution in [3.8, 4) is 0 Å². The Balaban J connectivity index is -0.0000000450. The molecule has 1 N–H and O–H groups in total. The van der Waals surface area contributed by atoms with E-state index in [4.69, 9.17) is 9.26 Å². The first-order chi connectivity index (χ1) is 1.73. The van der Waals surface area contributed by atoms with Gasteiger partial charge in [0, 0.05) is 0 Å². The molecular formula is H5BeClO2SiSr. The molecule has 2 nitrogen and oxygen atoms in total. The minimum absolute atomic E-state index is 0. The van der Waals surface area contributed by atoms with Crippen LogP contribution in [0.5, 0.6) is 0 Å². The third-order valence-electron chi connectivity index (χ3n) is 0. The van der Waals surface area contributed by atoms with Crippen LogP contribution in [0.3, 0.4) is 0 Å². The van der Waals surface area contributed by atoms with Crippen molar-refractivity contribution in [3.63, 3.8) is 0 Å². The van der Waals surface area contributed by atoms with Crippen molar-refractivity contribution >= 4 is 74.9 Å². The van der Waals surface area contributed by atoms with Gasteiger partial charge in [-0.3, -0.25) is 0 Å². The molecule has 0 amide bonds. The molecule has 0 unspecified atom stereocenters. The molecule has 0 heterocycles. The summed E-state index contributed by atoms with van der Waals surface area (Å²) in [6, 6.07) is 0. The SMILES string of the molecule is O=[Si](O)Cl.[BeH2].[SrH2]. The molecule has 0 fully saturated rings. The summed E-state index contributed by atoms with van der Waals surface area (Å²) in [5.74, 6) is 0. The van der Waals surface area contributed by atoms with E-state index in [1.807, 2.05) is 0 Å². The van der Waals surface area contributed by atoms with Crippen LogP contribution in [0, 0.1) is 0 Å². The van der Waals surface area contributed by atoms with Gasteiger partial charge in [-0.15, -0.1) is 0 Å². The number of hydrogen-bond donors (Lipinski definition) is 1. The monoisotopic (exact) mass is 197 g/mol. The Bertz CT molecular complexity index is 36.5. The van der Waals surface area contributed by atoms with Gasteiger partial charge in [0.15, 0.2) is 0 Å². The van der Waals surface area contributed by atoms with Crippen molar-refractivity contribution in [1.29, 1.82) is 0 Å². The van der Waals surface area contributed by atoms with Crippen molar-refractivity contribution in [1.82, 2.24) is 0 Å². The third kappa shape index (κ3) is 42.2. The topological polar surface area (TPSA) is 37.3 Å². The molecule has 0 aromatic carbocycles. The first kappa shape index (κ1) is 15.7. The molecule has 6 heavy (non-hydrogen) atoms. The summed E-state index contributed by atoms with van der Waals surface area (Å²) < 4.78 is 8.95. The van der Waals surface area contributed by atoms with Crippen LogP contribution in [-0.4, -0.2) is 68.6 Å². The quantitative estimate of drug-likeness (QED) is 0.353. The molecule has 0 bridgehead atoms. The summed E-state index contributed by atoms with van der Waals surface area (Å²) in [4.78, 5) is 7.37. The standard InChI is InChI=1S/Be.ClHO2Si.Sr.4H/c;1-4(2)3;;;;;/h;2H;;;;;. The summed E-state index contributed by atoms with van der Waals surface area (Å²) in [5.41, 5.74) is 0. The molecule has 0 aromatic heterocycles. The Hall–Kier alpha value is 1.76. The predicted molar refractivity (Wildman–Crippen MR) is 31.6 cm³/mol. The summed E-state index contributed by atoms with van der Waals surface area (Å²) in [6.45, 7) is 0. The van der Waals surface area contributed by atoms with Gasteiger partial charge in [-0.1, -0.05) is 0 Å². The van der Waals surface area contributed by atoms with E-state index in [9.17, 15) is 0 Å². The van der Waals surface area contributed by atoms with E-state index in [2.05, 4.69) is 11.1 Å². The van der Waals surface area contributed by atoms with Crippen LogP contribution in [0.15, 0.2) is 0 Å². The van der Waals surface area contributed by atoms with Gasteiger partial charge in [0.1, 0.15) is 0 Å². The van der Waals surface area contributed by atoms with Crippen molar-refractivity contribution < 1.29 is 9.26 Å². The van der Waals surface area contributed by atoms with Crippen LogP contribution in [0.25, 0.3) is 0 Å². The van der Waals surface area contributed by atoms with Crippen LogP contribution in [-0.2, 0) is 4.46 Å². The van der Waals surface area contributed by atoms with E-state index in [0.717, 1.165) is 0 Å². The Morgan fingerprint density at radius 2 is 1.67 bits per heavy atom. The van der Waals surface area contributed by atoms with Gasteiger partial charge >= 0.3 is 63.8 Å². The summed E-state index contributed by atoms with van der Waals surface area (Å²) in [5, 5.41) is 0. The van der Waals surface area contributed by atoms with Gasteiger partial charge in [0.2, 0.25) is 0 Å². The van der Waals surface area contributed by atoms with Crippen LogP contribution in [0.2, 0.25) is 0 Å². The average molecular weight is 197 g/mol. The van der Waals surface area contributed by atoms with E-state index in [-0.39, 0.29) is 55.6 Å². The Morgan fingerprint density at radius 1 is 1.67 bits per heavy atom. The maximum atomic E-state index is 8.95. The fourth-order valence-electron chi connectivity index (χ4n) is 0. The van der Waals surface area contributed by atoms with Crippen molar-refractivity contribution in [3.05, 3.63) is 0 Å². The Kier molecular flexibility index (Phi) is 25.8. The van der Waals surface area contributed by atoms with Crippen LogP contribution in [0.4, 0.5) is 0 Å². The van der Waals surface area contributed by atoms with Crippen LogP contribution in [0.1, 0.15) is 0 Å². The van der Waals surface area contributed by atoms with Gasteiger partial charge < -0.3 is 9.26 Å². The maximum absolute atomic E-state index is 8.95. The average Bonchev–Trinajstić information content (AvgIpc) is 0.811. The van der Waals surface area contributed by atoms with E-state index in [1.54, 1.807) is 0 Å². The normalized spacial score (nSPS) is 4.17. The second kappa shape index (κ2) is 9.90. The molecular weight excluding hydrogens is 192 g/mol. The summed E-state index contributed by atoms with van der Waals surface area (Å²) in [7, 11) is -2.66. The van der Waals surface area contributed by atoms with Gasteiger partial charge in [-0.25, -0.2) is 0 Å². The predicted octanol–water partition coefficient (Wildman–Crippen LogP) is -2.20. The minimum atomic E-state index is -2.66. The molecule has 0 aliphatic heterocycles. The van der Waals surface area contributed by atoms with Crippen molar-refractivity contribution in [2.75, 3.05) is 0 Å². The van der Waals surface area contributed by atoms with Gasteiger partial charge in [-0.2, -0.15) is 0 Å². The van der Waals surface area contributed by atoms with Crippen molar-refractivity contribution in [2.24, 2.45) is 0 Å². The van der Waals surface area contributed by atoms with Gasteiger partial charge in [0.25, 0.3) is 0 Å². The molecule has 6 heteroatoms. The third-order valence-corrected chi connectivity index (χ3v) is 0. The van der Waals surface area contributed by atoms with Gasteiger partial charge in [-0.05, 0) is 11.1 Å². The molecule has 0 aromatic rings. The van der Waals surface area contributed by atoms with E-state index in [0.29, 0.717) is 0 Å². The number of rotatable bonds is 0. The molecule has 0 saturated carbocycles. The van der Waals surface area contributed by atoms with E-state index >= 15 is 0 Å². The molecule has 32 valence electrons. The number of halogens is 1. The second-order valence-corrected chi connectivity index (χ2v) is 1.73. The zero-order chi connectivity index (χ0) is 3.58. The molecule has 0 rings (SSSR count). The number of hydrogen-bond acceptors (Lipinski definition) is 1. The molecule has 0 aliphatic rings. The fraction of sp³-hybridized carbons (Fsp3) is 0. The van der Waals surface area contributed by atoms with Crippen LogP contribution >= 0.6 is 11.1 Å². The summed E-state index contributed by atoms with van der Waals surface area (Å²) in [6.07, 6.45) is 0. The molecule has 0 aliphatic carbocycles. The zero-order valence-corrected chi connectivity index (χ0v) is 3.49. The van der Waals surface area contributed by atoms with E-state index < -0.39 is 8.24 Å². The molecule has 0 saturated heterocycles. The summed E-state index contributed by atoms with van der Waals surface area (Å²) >= 11 is 4.38. The van der Waals surface area contributed by atoms with Crippen LogP contribution < -0.4 is 0 Å². The van der Waals surface area contributed by atoms with Crippen molar-refractivity contribution in [2.45, 2.75) is 0 Å². The first-order valence-electron chi connectivity index (χ1n) is 0.617. The molecule has 0 spiro atoms. The molecule has 0 atom stereocenters. The zero-order valence-electron chi connectivity index (χ0n) is 1.73. The molecule has 0 radical (unpaired) electrons. The first-order valence-corrected chi connectivity index (χ1v) is 2.98. The Labute approximate surface area is 82.9 Å². The second-order valence-electron chi connectivity index (χ2n) is 0.253. The fourth-order valence-corrected chi connectivity index (χ4v) is 0. The van der Waals surface area contributed by atoms with E-state index in [1.165, 1.54) is 0 Å². The Morgan fingerprint density at radius 3 is 1.67 bits per heavy atom. The van der Waals surface area contributed by atoms with Gasteiger partial charge in [0.05, 0.1) is 0 Å².